The molecule has 1 amide bonds. The van der Waals surface area contributed by atoms with Gasteiger partial charge in [0.25, 0.3) is 5.91 Å². The maximum atomic E-state index is 13.2. The average Bonchev–Trinajstić information content (AvgIpc) is 3.17. The summed E-state index contributed by atoms with van der Waals surface area (Å²) < 4.78 is 5.64. The number of furan rings is 1. The predicted octanol–water partition coefficient (Wildman–Crippen LogP) is 4.19. The van der Waals surface area contributed by atoms with Crippen LogP contribution in [0, 0.1) is 6.92 Å². The normalized spacial score (nSPS) is 19.6. The van der Waals surface area contributed by atoms with E-state index in [0.29, 0.717) is 23.3 Å². The zero-order valence-corrected chi connectivity index (χ0v) is 15.5. The zero-order chi connectivity index (χ0) is 19.0. The summed E-state index contributed by atoms with van der Waals surface area (Å²) in [6.07, 6.45) is 3.72. The third-order valence-electron chi connectivity index (χ3n) is 5.24. The van der Waals surface area contributed by atoms with E-state index in [4.69, 9.17) is 4.42 Å². The van der Waals surface area contributed by atoms with Crippen molar-refractivity contribution < 1.29 is 14.0 Å². The molecule has 0 spiro atoms. The molecule has 1 atom stereocenters. The van der Waals surface area contributed by atoms with E-state index in [1.807, 2.05) is 44.2 Å². The number of Topliss-reactive ketones (excluding diaryl/α,β-unsaturated/α-hetero) is 1. The Morgan fingerprint density at radius 2 is 1.96 bits per heavy atom. The van der Waals surface area contributed by atoms with E-state index in [1.54, 1.807) is 12.3 Å². The van der Waals surface area contributed by atoms with E-state index < -0.39 is 5.92 Å². The Hall–Kier alpha value is -3.08. The first kappa shape index (κ1) is 17.3. The van der Waals surface area contributed by atoms with Crippen LogP contribution in [-0.2, 0) is 9.59 Å². The van der Waals surface area contributed by atoms with Crippen LogP contribution in [0.2, 0.25) is 0 Å². The van der Waals surface area contributed by atoms with Crippen molar-refractivity contribution in [2.24, 2.45) is 0 Å². The number of rotatable bonds is 3. The molecule has 4 rings (SSSR count). The number of benzene rings is 1. The van der Waals surface area contributed by atoms with E-state index in [9.17, 15) is 9.59 Å². The Morgan fingerprint density at radius 1 is 1.15 bits per heavy atom. The minimum absolute atomic E-state index is 0.0823. The highest BCUT2D eigenvalue weighted by Crippen LogP contribution is 2.42. The molecule has 2 aromatic rings. The number of hydrogen-bond acceptors (Lipinski definition) is 4. The van der Waals surface area contributed by atoms with Crippen LogP contribution < -0.4 is 10.6 Å². The molecule has 5 heteroatoms. The SMILES string of the molecule is CC1=C(C(=O)Nc2ccccc2C)C(c2ccco2)C2=C(CCCC2=O)N1. The van der Waals surface area contributed by atoms with Gasteiger partial charge in [-0.2, -0.15) is 0 Å². The van der Waals surface area contributed by atoms with E-state index >= 15 is 0 Å². The Morgan fingerprint density at radius 3 is 2.70 bits per heavy atom. The summed E-state index contributed by atoms with van der Waals surface area (Å²) in [6, 6.07) is 11.3. The smallest absolute Gasteiger partial charge is 0.254 e. The lowest BCUT2D eigenvalue weighted by molar-refractivity contribution is -0.116. The molecule has 27 heavy (non-hydrogen) atoms. The number of anilines is 1. The van der Waals surface area contributed by atoms with E-state index in [0.717, 1.165) is 35.5 Å². The predicted molar refractivity (Wildman–Crippen MR) is 103 cm³/mol. The Kier molecular flexibility index (Phi) is 4.44. The van der Waals surface area contributed by atoms with Gasteiger partial charge < -0.3 is 15.1 Å². The molecule has 0 radical (unpaired) electrons. The molecule has 0 fully saturated rings. The monoisotopic (exact) mass is 362 g/mol. The Bertz CT molecular complexity index is 967. The van der Waals surface area contributed by atoms with Gasteiger partial charge in [0.05, 0.1) is 17.8 Å². The average molecular weight is 362 g/mol. The third kappa shape index (κ3) is 3.10. The quantitative estimate of drug-likeness (QED) is 0.859. The topological polar surface area (TPSA) is 71.3 Å². The van der Waals surface area contributed by atoms with Crippen LogP contribution in [0.25, 0.3) is 0 Å². The van der Waals surface area contributed by atoms with Crippen molar-refractivity contribution in [1.29, 1.82) is 0 Å². The standard InChI is InChI=1S/C22H22N2O3/c1-13-7-3-4-8-15(13)24-22(26)19-14(2)23-16-9-5-10-17(25)20(16)21(19)18-11-6-12-27-18/h3-4,6-8,11-12,21,23H,5,9-10H2,1-2H3,(H,24,26). The largest absolute Gasteiger partial charge is 0.468 e. The van der Waals surface area contributed by atoms with Crippen LogP contribution in [-0.4, -0.2) is 11.7 Å². The lowest BCUT2D eigenvalue weighted by atomic mass is 9.77. The second kappa shape index (κ2) is 6.91. The Labute approximate surface area is 158 Å². The number of para-hydroxylation sites is 1. The van der Waals surface area contributed by atoms with Gasteiger partial charge in [-0.1, -0.05) is 18.2 Å². The van der Waals surface area contributed by atoms with E-state index in [1.165, 1.54) is 0 Å². The molecule has 1 aromatic carbocycles. The summed E-state index contributed by atoms with van der Waals surface area (Å²) in [7, 11) is 0. The number of carbonyl (C=O) groups excluding carboxylic acids is 2. The molecule has 0 bridgehead atoms. The first-order valence-corrected chi connectivity index (χ1v) is 9.20. The molecular formula is C22H22N2O3. The van der Waals surface area contributed by atoms with Crippen molar-refractivity contribution in [1.82, 2.24) is 5.32 Å². The zero-order valence-electron chi connectivity index (χ0n) is 15.5. The molecular weight excluding hydrogens is 340 g/mol. The molecule has 2 heterocycles. The number of ketones is 1. The highest BCUT2D eigenvalue weighted by Gasteiger charge is 2.39. The van der Waals surface area contributed by atoms with Gasteiger partial charge in [0.2, 0.25) is 0 Å². The van der Waals surface area contributed by atoms with Gasteiger partial charge in [0.15, 0.2) is 5.78 Å². The summed E-state index contributed by atoms with van der Waals surface area (Å²) >= 11 is 0. The fraction of sp³-hybridized carbons (Fsp3) is 0.273. The number of dihydropyridines is 1. The van der Waals surface area contributed by atoms with Gasteiger partial charge >= 0.3 is 0 Å². The van der Waals surface area contributed by atoms with E-state index in [2.05, 4.69) is 10.6 Å². The molecule has 0 saturated heterocycles. The summed E-state index contributed by atoms with van der Waals surface area (Å²) in [6.45, 7) is 3.83. The van der Waals surface area contributed by atoms with Crippen LogP contribution in [0.15, 0.2) is 69.6 Å². The van der Waals surface area contributed by atoms with Gasteiger partial charge in [-0.25, -0.2) is 0 Å². The third-order valence-corrected chi connectivity index (χ3v) is 5.24. The lowest BCUT2D eigenvalue weighted by Crippen LogP contribution is -2.35. The molecule has 1 aliphatic carbocycles. The summed E-state index contributed by atoms with van der Waals surface area (Å²) in [5, 5.41) is 6.31. The number of nitrogens with one attached hydrogen (secondary N) is 2. The van der Waals surface area contributed by atoms with Gasteiger partial charge in [-0.05, 0) is 50.5 Å². The van der Waals surface area contributed by atoms with Crippen molar-refractivity contribution in [3.63, 3.8) is 0 Å². The van der Waals surface area contributed by atoms with Crippen LogP contribution in [0.1, 0.15) is 43.4 Å². The minimum Gasteiger partial charge on any atom is -0.468 e. The molecule has 2 aliphatic rings. The summed E-state index contributed by atoms with van der Waals surface area (Å²) in [5.41, 5.74) is 4.61. The summed E-state index contributed by atoms with van der Waals surface area (Å²) in [4.78, 5) is 26.0. The minimum atomic E-state index is -0.479. The Balaban J connectivity index is 1.77. The van der Waals surface area contributed by atoms with Gasteiger partial charge in [-0.15, -0.1) is 0 Å². The fourth-order valence-corrected chi connectivity index (χ4v) is 3.93. The van der Waals surface area contributed by atoms with Crippen molar-refractivity contribution in [3.8, 4) is 0 Å². The molecule has 5 nitrogen and oxygen atoms in total. The molecule has 1 aliphatic heterocycles. The first-order chi connectivity index (χ1) is 13.1. The number of hydrogen-bond donors (Lipinski definition) is 2. The molecule has 2 N–H and O–H groups in total. The second-order valence-corrected chi connectivity index (χ2v) is 7.05. The van der Waals surface area contributed by atoms with Crippen molar-refractivity contribution in [3.05, 3.63) is 76.5 Å². The fourth-order valence-electron chi connectivity index (χ4n) is 3.93. The number of aryl methyl sites for hydroxylation is 1. The van der Waals surface area contributed by atoms with Crippen LogP contribution >= 0.6 is 0 Å². The highest BCUT2D eigenvalue weighted by atomic mass is 16.3. The van der Waals surface area contributed by atoms with Crippen molar-refractivity contribution >= 4 is 17.4 Å². The second-order valence-electron chi connectivity index (χ2n) is 7.05. The molecule has 138 valence electrons. The van der Waals surface area contributed by atoms with Gasteiger partial charge in [0.1, 0.15) is 5.76 Å². The molecule has 1 aromatic heterocycles. The van der Waals surface area contributed by atoms with Gasteiger partial charge in [-0.3, -0.25) is 9.59 Å². The number of allylic oxidation sites excluding steroid dienone is 3. The number of carbonyl (C=O) groups is 2. The maximum Gasteiger partial charge on any atom is 0.254 e. The van der Waals surface area contributed by atoms with Crippen LogP contribution in [0.3, 0.4) is 0 Å². The van der Waals surface area contributed by atoms with Crippen LogP contribution in [0.4, 0.5) is 5.69 Å². The van der Waals surface area contributed by atoms with Gasteiger partial charge in [0, 0.05) is 29.1 Å². The first-order valence-electron chi connectivity index (χ1n) is 9.20. The van der Waals surface area contributed by atoms with Crippen molar-refractivity contribution in [2.45, 2.75) is 39.0 Å². The summed E-state index contributed by atoms with van der Waals surface area (Å²) in [5.74, 6) is 0.000988. The highest BCUT2D eigenvalue weighted by molar-refractivity contribution is 6.09. The molecule has 0 saturated carbocycles. The van der Waals surface area contributed by atoms with Crippen molar-refractivity contribution in [2.75, 3.05) is 5.32 Å². The molecule has 1 unspecified atom stereocenters. The van der Waals surface area contributed by atoms with Crippen LogP contribution in [0.5, 0.6) is 0 Å². The maximum absolute atomic E-state index is 13.2. The number of amides is 1. The lowest BCUT2D eigenvalue weighted by Gasteiger charge is -2.33. The van der Waals surface area contributed by atoms with E-state index in [-0.39, 0.29) is 11.7 Å².